The maximum absolute atomic E-state index is 10.9. The highest BCUT2D eigenvalue weighted by atomic mass is 35.5. The lowest BCUT2D eigenvalue weighted by Crippen LogP contribution is -2.14. The maximum atomic E-state index is 10.9. The van der Waals surface area contributed by atoms with Crippen molar-refractivity contribution in [1.29, 1.82) is 0 Å². The van der Waals surface area contributed by atoms with Gasteiger partial charge in [0.15, 0.2) is 5.56 Å². The summed E-state index contributed by atoms with van der Waals surface area (Å²) in [5, 5.41) is 8.94. The molecule has 0 aliphatic rings. The molecule has 0 heterocycles. The van der Waals surface area contributed by atoms with Crippen LogP contribution in [0.2, 0.25) is 0 Å². The number of hydrogen-bond acceptors (Lipinski definition) is 4. The van der Waals surface area contributed by atoms with E-state index < -0.39 is 17.5 Å². The summed E-state index contributed by atoms with van der Waals surface area (Å²) < 4.78 is 10.0. The second-order valence-corrected chi connectivity index (χ2v) is 3.98. The van der Waals surface area contributed by atoms with Crippen LogP contribution in [0.3, 0.4) is 0 Å². The Hall–Kier alpha value is -2.01. The van der Waals surface area contributed by atoms with Crippen molar-refractivity contribution in [3.05, 3.63) is 42.5 Å². The third-order valence-electron chi connectivity index (χ3n) is 2.13. The van der Waals surface area contributed by atoms with E-state index in [9.17, 15) is 9.59 Å². The third kappa shape index (κ3) is 5.01. The number of aromatic carboxylic acids is 1. The van der Waals surface area contributed by atoms with Crippen molar-refractivity contribution in [3.8, 4) is 5.75 Å². The average Bonchev–Trinajstić information content (AvgIpc) is 2.38. The van der Waals surface area contributed by atoms with Gasteiger partial charge >= 0.3 is 11.9 Å². The third-order valence-corrected chi connectivity index (χ3v) is 2.44. The molecule has 0 saturated heterocycles. The van der Waals surface area contributed by atoms with E-state index in [1.165, 1.54) is 6.07 Å². The number of halogens is 1. The van der Waals surface area contributed by atoms with Crippen molar-refractivity contribution >= 4 is 23.5 Å². The van der Waals surface area contributed by atoms with Gasteiger partial charge in [-0.25, -0.2) is 9.59 Å². The summed E-state index contributed by atoms with van der Waals surface area (Å²) in [6, 6.07) is 6.25. The van der Waals surface area contributed by atoms with Gasteiger partial charge in [-0.3, -0.25) is 0 Å². The van der Waals surface area contributed by atoms with E-state index in [-0.39, 0.29) is 24.3 Å². The molecule has 0 fully saturated rings. The Morgan fingerprint density at radius 3 is 2.74 bits per heavy atom. The first-order chi connectivity index (χ1) is 9.04. The van der Waals surface area contributed by atoms with Gasteiger partial charge in [-0.2, -0.15) is 0 Å². The van der Waals surface area contributed by atoms with Crippen LogP contribution in [0.25, 0.3) is 0 Å². The molecule has 6 heteroatoms. The molecule has 5 nitrogen and oxygen atoms in total. The zero-order valence-corrected chi connectivity index (χ0v) is 10.8. The lowest BCUT2D eigenvalue weighted by atomic mass is 10.2. The van der Waals surface area contributed by atoms with Crippen molar-refractivity contribution in [1.82, 2.24) is 0 Å². The van der Waals surface area contributed by atoms with E-state index in [4.69, 9.17) is 26.2 Å². The summed E-state index contributed by atoms with van der Waals surface area (Å²) in [5.74, 6) is -1.45. The fourth-order valence-electron chi connectivity index (χ4n) is 1.26. The molecule has 1 unspecified atom stereocenters. The van der Waals surface area contributed by atoms with Gasteiger partial charge < -0.3 is 14.6 Å². The van der Waals surface area contributed by atoms with Crippen LogP contribution in [0.1, 0.15) is 16.8 Å². The molecule has 1 N–H and O–H groups in total. The SMILES string of the molecule is C=CC(=O)OC(Cl)CCOc1ccccc1C(=O)O. The summed E-state index contributed by atoms with van der Waals surface area (Å²) in [6.07, 6.45) is 1.24. The first-order valence-corrected chi connectivity index (χ1v) is 5.90. The highest BCUT2D eigenvalue weighted by Crippen LogP contribution is 2.18. The van der Waals surface area contributed by atoms with Crippen LogP contribution in [0.4, 0.5) is 0 Å². The van der Waals surface area contributed by atoms with Gasteiger partial charge in [-0.05, 0) is 12.1 Å². The number of ether oxygens (including phenoxy) is 2. The normalized spacial score (nSPS) is 11.4. The number of carbonyl (C=O) groups is 2. The molecule has 0 aliphatic heterocycles. The van der Waals surface area contributed by atoms with Crippen LogP contribution in [0, 0.1) is 0 Å². The predicted octanol–water partition coefficient (Wildman–Crippen LogP) is 2.45. The molecule has 0 bridgehead atoms. The molecule has 1 aromatic carbocycles. The molecule has 0 amide bonds. The zero-order chi connectivity index (χ0) is 14.3. The Balaban J connectivity index is 2.47. The largest absolute Gasteiger partial charge is 0.492 e. The van der Waals surface area contributed by atoms with Crippen molar-refractivity contribution in [3.63, 3.8) is 0 Å². The summed E-state index contributed by atoms with van der Waals surface area (Å²) >= 11 is 5.74. The number of hydrogen-bond donors (Lipinski definition) is 1. The molecule has 0 radical (unpaired) electrons. The summed E-state index contributed by atoms with van der Waals surface area (Å²) in [4.78, 5) is 21.8. The minimum Gasteiger partial charge on any atom is -0.492 e. The number of carbonyl (C=O) groups excluding carboxylic acids is 1. The molecule has 19 heavy (non-hydrogen) atoms. The first kappa shape index (κ1) is 15.0. The number of para-hydroxylation sites is 1. The molecule has 0 spiro atoms. The smallest absolute Gasteiger partial charge is 0.339 e. The Kier molecular flexibility index (Phi) is 5.89. The van der Waals surface area contributed by atoms with Crippen LogP contribution in [0.5, 0.6) is 5.75 Å². The molecule has 1 rings (SSSR count). The summed E-state index contributed by atoms with van der Waals surface area (Å²) in [7, 11) is 0. The molecule has 0 aromatic heterocycles. The first-order valence-electron chi connectivity index (χ1n) is 5.47. The molecule has 1 aromatic rings. The number of benzene rings is 1. The number of carboxylic acid groups (broad SMARTS) is 1. The number of rotatable bonds is 7. The standard InChI is InChI=1S/C13H13ClO5/c1-2-12(15)19-11(14)7-8-18-10-6-4-3-5-9(10)13(16)17/h2-6,11H,1,7-8H2,(H,16,17). The fraction of sp³-hybridized carbons (Fsp3) is 0.231. The Labute approximate surface area is 115 Å². The second kappa shape index (κ2) is 7.43. The van der Waals surface area contributed by atoms with Crippen LogP contribution < -0.4 is 4.74 Å². The van der Waals surface area contributed by atoms with E-state index >= 15 is 0 Å². The topological polar surface area (TPSA) is 72.8 Å². The summed E-state index contributed by atoms with van der Waals surface area (Å²) in [5.41, 5.74) is -0.779. The van der Waals surface area contributed by atoms with E-state index in [0.29, 0.717) is 0 Å². The maximum Gasteiger partial charge on any atom is 0.339 e. The quantitative estimate of drug-likeness (QED) is 0.473. The second-order valence-electron chi connectivity index (χ2n) is 3.49. The van der Waals surface area contributed by atoms with Crippen molar-refractivity contribution in [2.45, 2.75) is 12.0 Å². The molecular formula is C13H13ClO5. The molecular weight excluding hydrogens is 272 g/mol. The zero-order valence-electron chi connectivity index (χ0n) is 10.0. The highest BCUT2D eigenvalue weighted by molar-refractivity contribution is 6.20. The van der Waals surface area contributed by atoms with E-state index in [1.54, 1.807) is 18.2 Å². The van der Waals surface area contributed by atoms with Gasteiger partial charge in [0.2, 0.25) is 0 Å². The minimum absolute atomic E-state index is 0.0664. The van der Waals surface area contributed by atoms with Gasteiger partial charge in [-0.1, -0.05) is 30.3 Å². The molecule has 0 aliphatic carbocycles. The summed E-state index contributed by atoms with van der Waals surface area (Å²) in [6.45, 7) is 3.37. The van der Waals surface area contributed by atoms with Gasteiger partial charge in [0, 0.05) is 12.5 Å². The van der Waals surface area contributed by atoms with Gasteiger partial charge in [0.05, 0.1) is 6.61 Å². The number of alkyl halides is 1. The lowest BCUT2D eigenvalue weighted by molar-refractivity contribution is -0.139. The predicted molar refractivity (Wildman–Crippen MR) is 69.4 cm³/mol. The van der Waals surface area contributed by atoms with Crippen molar-refractivity contribution < 1.29 is 24.2 Å². The molecule has 1 atom stereocenters. The van der Waals surface area contributed by atoms with Crippen LogP contribution in [0.15, 0.2) is 36.9 Å². The minimum atomic E-state index is -1.07. The van der Waals surface area contributed by atoms with Gasteiger partial charge in [-0.15, -0.1) is 0 Å². The van der Waals surface area contributed by atoms with Crippen LogP contribution in [-0.2, 0) is 9.53 Å². The molecule has 0 saturated carbocycles. The van der Waals surface area contributed by atoms with E-state index in [1.807, 2.05) is 0 Å². The van der Waals surface area contributed by atoms with Gasteiger partial charge in [0.1, 0.15) is 11.3 Å². The monoisotopic (exact) mass is 284 g/mol. The Morgan fingerprint density at radius 1 is 1.42 bits per heavy atom. The number of esters is 1. The van der Waals surface area contributed by atoms with Gasteiger partial charge in [0.25, 0.3) is 0 Å². The molecule has 102 valence electrons. The van der Waals surface area contributed by atoms with Crippen LogP contribution >= 0.6 is 11.6 Å². The highest BCUT2D eigenvalue weighted by Gasteiger charge is 2.12. The number of carboxylic acids is 1. The van der Waals surface area contributed by atoms with E-state index in [2.05, 4.69) is 6.58 Å². The van der Waals surface area contributed by atoms with E-state index in [0.717, 1.165) is 6.08 Å². The Bertz CT molecular complexity index is 472. The van der Waals surface area contributed by atoms with Crippen molar-refractivity contribution in [2.75, 3.05) is 6.61 Å². The average molecular weight is 285 g/mol. The van der Waals surface area contributed by atoms with Crippen molar-refractivity contribution in [2.24, 2.45) is 0 Å². The fourth-order valence-corrected chi connectivity index (χ4v) is 1.44. The lowest BCUT2D eigenvalue weighted by Gasteiger charge is -2.12. The van der Waals surface area contributed by atoms with Crippen LogP contribution in [-0.4, -0.2) is 29.2 Å². The Morgan fingerprint density at radius 2 is 2.11 bits per heavy atom.